The number of furan rings is 1. The Kier molecular flexibility index (Phi) is 6.47. The van der Waals surface area contributed by atoms with Gasteiger partial charge in [-0.1, -0.05) is 30.8 Å². The fourth-order valence-corrected chi connectivity index (χ4v) is 6.50. The van der Waals surface area contributed by atoms with E-state index in [1.54, 1.807) is 47.5 Å². The van der Waals surface area contributed by atoms with Crippen LogP contribution >= 0.6 is 23.1 Å². The van der Waals surface area contributed by atoms with Gasteiger partial charge in [0.25, 0.3) is 5.56 Å². The molecule has 176 valence electrons. The van der Waals surface area contributed by atoms with Crippen LogP contribution in [0.3, 0.4) is 0 Å². The van der Waals surface area contributed by atoms with Crippen LogP contribution < -0.4 is 15.6 Å². The highest BCUT2D eigenvalue weighted by Gasteiger charge is 2.25. The van der Waals surface area contributed by atoms with Crippen molar-refractivity contribution in [2.75, 3.05) is 18.2 Å². The van der Waals surface area contributed by atoms with Crippen LogP contribution in [-0.2, 0) is 24.2 Å². The lowest BCUT2D eigenvalue weighted by molar-refractivity contribution is -0.113. The van der Waals surface area contributed by atoms with Crippen LogP contribution in [0.1, 0.15) is 29.5 Å². The van der Waals surface area contributed by atoms with Gasteiger partial charge in [0, 0.05) is 4.88 Å². The number of benzene rings is 1. The summed E-state index contributed by atoms with van der Waals surface area (Å²) in [4.78, 5) is 33.3. The molecule has 3 heterocycles. The molecule has 1 N–H and O–H groups in total. The largest absolute Gasteiger partial charge is 0.495 e. The summed E-state index contributed by atoms with van der Waals surface area (Å²) in [6.45, 7) is 2.52. The molecule has 1 aromatic carbocycles. The number of aromatic nitrogens is 2. The van der Waals surface area contributed by atoms with E-state index in [-0.39, 0.29) is 23.8 Å². The number of nitrogens with zero attached hydrogens (tertiary/aromatic N) is 2. The van der Waals surface area contributed by atoms with E-state index in [2.05, 4.69) is 12.2 Å². The van der Waals surface area contributed by atoms with Crippen LogP contribution in [0, 0.1) is 5.92 Å². The molecular weight excluding hydrogens is 470 g/mol. The predicted octanol–water partition coefficient (Wildman–Crippen LogP) is 4.96. The van der Waals surface area contributed by atoms with E-state index >= 15 is 0 Å². The highest BCUT2D eigenvalue weighted by molar-refractivity contribution is 7.99. The summed E-state index contributed by atoms with van der Waals surface area (Å²) >= 11 is 2.86. The molecule has 0 saturated carbocycles. The molecule has 5 rings (SSSR count). The molecule has 4 aromatic rings. The van der Waals surface area contributed by atoms with Crippen molar-refractivity contribution >= 4 is 44.9 Å². The van der Waals surface area contributed by atoms with Crippen molar-refractivity contribution in [2.24, 2.45) is 5.92 Å². The number of amides is 1. The molecule has 0 fully saturated rings. The fourth-order valence-electron chi connectivity index (χ4n) is 4.28. The molecule has 9 heteroatoms. The van der Waals surface area contributed by atoms with E-state index in [9.17, 15) is 9.59 Å². The second-order valence-electron chi connectivity index (χ2n) is 8.43. The first-order chi connectivity index (χ1) is 16.5. The molecule has 0 radical (unpaired) electrons. The molecule has 1 aliphatic carbocycles. The molecule has 1 aliphatic rings. The quantitative estimate of drug-likeness (QED) is 0.288. The maximum atomic E-state index is 13.7. The molecule has 0 bridgehead atoms. The third-order valence-electron chi connectivity index (χ3n) is 5.99. The van der Waals surface area contributed by atoms with E-state index in [0.29, 0.717) is 28.3 Å². The predicted molar refractivity (Wildman–Crippen MR) is 135 cm³/mol. The van der Waals surface area contributed by atoms with Gasteiger partial charge in [0.15, 0.2) is 5.16 Å². The number of thiophene rings is 1. The Morgan fingerprint density at radius 3 is 2.97 bits per heavy atom. The van der Waals surface area contributed by atoms with Gasteiger partial charge in [-0.15, -0.1) is 11.3 Å². The number of aryl methyl sites for hydroxylation is 1. The van der Waals surface area contributed by atoms with E-state index < -0.39 is 0 Å². The summed E-state index contributed by atoms with van der Waals surface area (Å²) in [7, 11) is 1.56. The number of fused-ring (bicyclic) bond motifs is 3. The van der Waals surface area contributed by atoms with E-state index in [0.717, 1.165) is 35.0 Å². The van der Waals surface area contributed by atoms with Gasteiger partial charge in [-0.2, -0.15) is 0 Å². The van der Waals surface area contributed by atoms with Crippen molar-refractivity contribution in [3.05, 3.63) is 69.2 Å². The van der Waals surface area contributed by atoms with Crippen LogP contribution in [-0.4, -0.2) is 28.3 Å². The van der Waals surface area contributed by atoms with Crippen LogP contribution in [0.5, 0.6) is 5.75 Å². The minimum atomic E-state index is -0.201. The molecule has 3 aromatic heterocycles. The lowest BCUT2D eigenvalue weighted by Crippen LogP contribution is -2.25. The molecule has 0 saturated heterocycles. The lowest BCUT2D eigenvalue weighted by atomic mass is 9.89. The van der Waals surface area contributed by atoms with Crippen molar-refractivity contribution in [3.8, 4) is 5.75 Å². The SMILES string of the molecule is COc1ccccc1NC(=O)CSc1nc2sc3c(c2c(=O)n1Cc1ccco1)CCC(C)C3. The van der Waals surface area contributed by atoms with Crippen molar-refractivity contribution in [3.63, 3.8) is 0 Å². The molecular formula is C25H25N3O4S2. The minimum absolute atomic E-state index is 0.0684. The van der Waals surface area contributed by atoms with Crippen LogP contribution in [0.2, 0.25) is 0 Å². The molecule has 34 heavy (non-hydrogen) atoms. The fraction of sp³-hybridized carbons (Fsp3) is 0.320. The van der Waals surface area contributed by atoms with E-state index in [4.69, 9.17) is 14.1 Å². The van der Waals surface area contributed by atoms with Crippen LogP contribution in [0.25, 0.3) is 10.2 Å². The third-order valence-corrected chi connectivity index (χ3v) is 8.11. The summed E-state index contributed by atoms with van der Waals surface area (Å²) in [5.74, 6) is 1.77. The van der Waals surface area contributed by atoms with Gasteiger partial charge in [-0.25, -0.2) is 4.98 Å². The summed E-state index contributed by atoms with van der Waals surface area (Å²) in [5, 5.41) is 4.11. The Hall–Kier alpha value is -3.04. The van der Waals surface area contributed by atoms with Gasteiger partial charge < -0.3 is 14.5 Å². The first-order valence-electron chi connectivity index (χ1n) is 11.2. The highest BCUT2D eigenvalue weighted by Crippen LogP contribution is 2.36. The summed E-state index contributed by atoms with van der Waals surface area (Å²) in [5.41, 5.74) is 1.68. The van der Waals surface area contributed by atoms with Crippen molar-refractivity contribution in [1.82, 2.24) is 9.55 Å². The Bertz CT molecular complexity index is 1390. The second kappa shape index (κ2) is 9.68. The molecule has 7 nitrogen and oxygen atoms in total. The number of ether oxygens (including phenoxy) is 1. The first kappa shape index (κ1) is 22.7. The van der Waals surface area contributed by atoms with Gasteiger partial charge in [-0.05, 0) is 55.0 Å². The lowest BCUT2D eigenvalue weighted by Gasteiger charge is -2.17. The molecule has 1 atom stereocenters. The topological polar surface area (TPSA) is 86.4 Å². The minimum Gasteiger partial charge on any atom is -0.495 e. The number of carbonyl (C=O) groups is 1. The van der Waals surface area contributed by atoms with E-state index in [1.165, 1.54) is 16.6 Å². The number of hydrogen-bond donors (Lipinski definition) is 1. The number of hydrogen-bond acceptors (Lipinski definition) is 7. The Morgan fingerprint density at radius 1 is 1.32 bits per heavy atom. The number of rotatable bonds is 7. The number of methoxy groups -OCH3 is 1. The Balaban J connectivity index is 1.46. The molecule has 0 aliphatic heterocycles. The third kappa shape index (κ3) is 4.50. The zero-order chi connectivity index (χ0) is 23.7. The average molecular weight is 496 g/mol. The van der Waals surface area contributed by atoms with Gasteiger partial charge in [0.05, 0.1) is 36.7 Å². The average Bonchev–Trinajstić information content (AvgIpc) is 3.47. The number of para-hydroxylation sites is 2. The maximum Gasteiger partial charge on any atom is 0.263 e. The van der Waals surface area contributed by atoms with E-state index in [1.807, 2.05) is 18.2 Å². The monoisotopic (exact) mass is 495 g/mol. The van der Waals surface area contributed by atoms with Gasteiger partial charge in [-0.3, -0.25) is 14.2 Å². The zero-order valence-corrected chi connectivity index (χ0v) is 20.6. The van der Waals surface area contributed by atoms with Crippen molar-refractivity contribution < 1.29 is 13.9 Å². The standard InChI is InChI=1S/C25H25N3O4S2/c1-15-9-10-17-20(12-15)34-23-22(17)24(30)28(13-16-6-5-11-32-16)25(27-23)33-14-21(29)26-18-7-3-4-8-19(18)31-2/h3-8,11,15H,9-10,12-14H2,1-2H3,(H,26,29). The number of thioether (sulfide) groups is 1. The van der Waals surface area contributed by atoms with Gasteiger partial charge >= 0.3 is 0 Å². The molecule has 1 amide bonds. The van der Waals surface area contributed by atoms with Crippen LogP contribution in [0.4, 0.5) is 5.69 Å². The van der Waals surface area contributed by atoms with Gasteiger partial charge in [0.2, 0.25) is 5.91 Å². The smallest absolute Gasteiger partial charge is 0.263 e. The summed E-state index contributed by atoms with van der Waals surface area (Å²) < 4.78 is 12.5. The normalized spacial score (nSPS) is 15.3. The Labute approximate surface area is 205 Å². The number of carbonyl (C=O) groups excluding carboxylic acids is 1. The van der Waals surface area contributed by atoms with Crippen molar-refractivity contribution in [2.45, 2.75) is 37.9 Å². The zero-order valence-electron chi connectivity index (χ0n) is 19.0. The van der Waals surface area contributed by atoms with Crippen molar-refractivity contribution in [1.29, 1.82) is 0 Å². The first-order valence-corrected chi connectivity index (χ1v) is 13.0. The maximum absolute atomic E-state index is 13.7. The second-order valence-corrected chi connectivity index (χ2v) is 10.5. The highest BCUT2D eigenvalue weighted by atomic mass is 32.2. The molecule has 1 unspecified atom stereocenters. The number of anilines is 1. The summed E-state index contributed by atoms with van der Waals surface area (Å²) in [6.07, 6.45) is 4.56. The Morgan fingerprint density at radius 2 is 2.18 bits per heavy atom. The summed E-state index contributed by atoms with van der Waals surface area (Å²) in [6, 6.07) is 10.9. The number of nitrogens with one attached hydrogen (secondary N) is 1. The van der Waals surface area contributed by atoms with Gasteiger partial charge in [0.1, 0.15) is 16.3 Å². The van der Waals surface area contributed by atoms with Crippen LogP contribution in [0.15, 0.2) is 57.0 Å². The molecule has 0 spiro atoms.